The average molecular weight is 276 g/mol. The zero-order chi connectivity index (χ0) is 14.5. The first kappa shape index (κ1) is 13.8. The SMILES string of the molecule is COc1ccc(CNc2cccc(F)c2[N+](=O)[O-])cc1. The third-order valence-corrected chi connectivity index (χ3v) is 2.81. The molecule has 0 aliphatic heterocycles. The van der Waals surface area contributed by atoms with Gasteiger partial charge in [-0.3, -0.25) is 10.1 Å². The molecule has 2 aromatic rings. The third-order valence-electron chi connectivity index (χ3n) is 2.81. The van der Waals surface area contributed by atoms with Crippen LogP contribution in [0.2, 0.25) is 0 Å². The first-order chi connectivity index (χ1) is 9.61. The van der Waals surface area contributed by atoms with Crippen LogP contribution in [0.5, 0.6) is 5.75 Å². The molecule has 5 nitrogen and oxygen atoms in total. The zero-order valence-electron chi connectivity index (χ0n) is 10.8. The molecule has 104 valence electrons. The van der Waals surface area contributed by atoms with E-state index in [-0.39, 0.29) is 5.69 Å². The Hall–Kier alpha value is -2.63. The van der Waals surface area contributed by atoms with Gasteiger partial charge in [0.15, 0.2) is 0 Å². The summed E-state index contributed by atoms with van der Waals surface area (Å²) in [5, 5.41) is 13.7. The van der Waals surface area contributed by atoms with Gasteiger partial charge in [0.05, 0.1) is 12.0 Å². The fourth-order valence-electron chi connectivity index (χ4n) is 1.78. The predicted octanol–water partition coefficient (Wildman–Crippen LogP) is 3.35. The van der Waals surface area contributed by atoms with E-state index in [0.717, 1.165) is 17.4 Å². The van der Waals surface area contributed by atoms with Gasteiger partial charge in [0.2, 0.25) is 5.82 Å². The summed E-state index contributed by atoms with van der Waals surface area (Å²) in [4.78, 5) is 10.1. The molecule has 0 saturated carbocycles. The van der Waals surface area contributed by atoms with Crippen molar-refractivity contribution in [3.63, 3.8) is 0 Å². The fraction of sp³-hybridized carbons (Fsp3) is 0.143. The summed E-state index contributed by atoms with van der Waals surface area (Å²) in [6.45, 7) is 0.355. The highest BCUT2D eigenvalue weighted by Crippen LogP contribution is 2.27. The lowest BCUT2D eigenvalue weighted by Gasteiger charge is -2.08. The Labute approximate surface area is 115 Å². The number of nitrogens with one attached hydrogen (secondary N) is 1. The van der Waals surface area contributed by atoms with Crippen molar-refractivity contribution in [2.45, 2.75) is 6.54 Å². The molecule has 0 aliphatic carbocycles. The summed E-state index contributed by atoms with van der Waals surface area (Å²) in [6.07, 6.45) is 0. The van der Waals surface area contributed by atoms with Crippen LogP contribution in [0.15, 0.2) is 42.5 Å². The van der Waals surface area contributed by atoms with E-state index >= 15 is 0 Å². The van der Waals surface area contributed by atoms with Gasteiger partial charge < -0.3 is 10.1 Å². The van der Waals surface area contributed by atoms with Crippen molar-refractivity contribution in [2.75, 3.05) is 12.4 Å². The smallest absolute Gasteiger partial charge is 0.327 e. The van der Waals surface area contributed by atoms with E-state index in [1.54, 1.807) is 19.2 Å². The predicted molar refractivity (Wildman–Crippen MR) is 73.4 cm³/mol. The van der Waals surface area contributed by atoms with Crippen LogP contribution in [0.3, 0.4) is 0 Å². The molecule has 6 heteroatoms. The number of hydrogen-bond donors (Lipinski definition) is 1. The Morgan fingerprint density at radius 1 is 1.25 bits per heavy atom. The van der Waals surface area contributed by atoms with Crippen molar-refractivity contribution in [1.29, 1.82) is 0 Å². The molecular formula is C14H13FN2O3. The van der Waals surface area contributed by atoms with Crippen molar-refractivity contribution in [3.8, 4) is 5.75 Å². The molecule has 2 aromatic carbocycles. The molecule has 0 aliphatic rings. The summed E-state index contributed by atoms with van der Waals surface area (Å²) in [6, 6.07) is 11.2. The first-order valence-electron chi connectivity index (χ1n) is 5.91. The second kappa shape index (κ2) is 6.01. The number of para-hydroxylation sites is 1. The van der Waals surface area contributed by atoms with Crippen LogP contribution in [-0.2, 0) is 6.54 Å². The van der Waals surface area contributed by atoms with Crippen LogP contribution in [0.4, 0.5) is 15.8 Å². The first-order valence-corrected chi connectivity index (χ1v) is 5.91. The minimum Gasteiger partial charge on any atom is -0.497 e. The molecule has 20 heavy (non-hydrogen) atoms. The summed E-state index contributed by atoms with van der Waals surface area (Å²) < 4.78 is 18.5. The van der Waals surface area contributed by atoms with Gasteiger partial charge in [-0.05, 0) is 29.8 Å². The van der Waals surface area contributed by atoms with Gasteiger partial charge in [-0.15, -0.1) is 0 Å². The van der Waals surface area contributed by atoms with Gasteiger partial charge in [-0.1, -0.05) is 18.2 Å². The monoisotopic (exact) mass is 276 g/mol. The number of ether oxygens (including phenoxy) is 1. The molecule has 0 atom stereocenters. The number of anilines is 1. The van der Waals surface area contributed by atoms with Crippen LogP contribution < -0.4 is 10.1 Å². The van der Waals surface area contributed by atoms with E-state index in [1.807, 2.05) is 12.1 Å². The number of benzene rings is 2. The van der Waals surface area contributed by atoms with E-state index in [4.69, 9.17) is 4.74 Å². The molecule has 0 heterocycles. The lowest BCUT2D eigenvalue weighted by atomic mass is 10.2. The largest absolute Gasteiger partial charge is 0.497 e. The Morgan fingerprint density at radius 3 is 2.55 bits per heavy atom. The van der Waals surface area contributed by atoms with Crippen LogP contribution in [0.25, 0.3) is 0 Å². The maximum atomic E-state index is 13.4. The Morgan fingerprint density at radius 2 is 1.95 bits per heavy atom. The third kappa shape index (κ3) is 3.03. The molecule has 0 amide bonds. The standard InChI is InChI=1S/C14H13FN2O3/c1-20-11-7-5-10(6-8-11)9-16-13-4-2-3-12(15)14(13)17(18)19/h2-8,16H,9H2,1H3. The maximum Gasteiger partial charge on any atom is 0.327 e. The van der Waals surface area contributed by atoms with Crippen molar-refractivity contribution in [2.24, 2.45) is 0 Å². The number of methoxy groups -OCH3 is 1. The van der Waals surface area contributed by atoms with Crippen molar-refractivity contribution in [3.05, 3.63) is 64.0 Å². The summed E-state index contributed by atoms with van der Waals surface area (Å²) in [5.41, 5.74) is 0.524. The van der Waals surface area contributed by atoms with Gasteiger partial charge in [-0.25, -0.2) is 0 Å². The van der Waals surface area contributed by atoms with Crippen molar-refractivity contribution < 1.29 is 14.1 Å². The van der Waals surface area contributed by atoms with Gasteiger partial charge in [-0.2, -0.15) is 4.39 Å². The zero-order valence-corrected chi connectivity index (χ0v) is 10.8. The molecule has 0 radical (unpaired) electrons. The highest BCUT2D eigenvalue weighted by Gasteiger charge is 2.19. The Kier molecular flexibility index (Phi) is 4.14. The maximum absolute atomic E-state index is 13.4. The molecule has 0 aromatic heterocycles. The minimum absolute atomic E-state index is 0.158. The molecule has 1 N–H and O–H groups in total. The molecule has 0 saturated heterocycles. The number of halogens is 1. The lowest BCUT2D eigenvalue weighted by molar-refractivity contribution is -0.386. The summed E-state index contributed by atoms with van der Waals surface area (Å²) in [5.74, 6) is -0.125. The molecule has 2 rings (SSSR count). The Balaban J connectivity index is 2.14. The number of nitro groups is 1. The van der Waals surface area contributed by atoms with Gasteiger partial charge >= 0.3 is 5.69 Å². The number of hydrogen-bond acceptors (Lipinski definition) is 4. The fourth-order valence-corrected chi connectivity index (χ4v) is 1.78. The van der Waals surface area contributed by atoms with Crippen LogP contribution >= 0.6 is 0 Å². The van der Waals surface area contributed by atoms with Crippen molar-refractivity contribution in [1.82, 2.24) is 0 Å². The van der Waals surface area contributed by atoms with Crippen LogP contribution in [-0.4, -0.2) is 12.0 Å². The number of nitro benzene ring substituents is 1. The summed E-state index contributed by atoms with van der Waals surface area (Å²) >= 11 is 0. The quantitative estimate of drug-likeness (QED) is 0.671. The summed E-state index contributed by atoms with van der Waals surface area (Å²) in [7, 11) is 1.57. The molecule has 0 fully saturated rings. The number of rotatable bonds is 5. The molecule has 0 spiro atoms. The normalized spacial score (nSPS) is 10.1. The van der Waals surface area contributed by atoms with E-state index in [0.29, 0.717) is 6.54 Å². The van der Waals surface area contributed by atoms with Crippen LogP contribution in [0.1, 0.15) is 5.56 Å². The number of nitrogens with zero attached hydrogens (tertiary/aromatic N) is 1. The highest BCUT2D eigenvalue weighted by molar-refractivity contribution is 5.62. The van der Waals surface area contributed by atoms with Crippen molar-refractivity contribution >= 4 is 11.4 Å². The van der Waals surface area contributed by atoms with Crippen LogP contribution in [0, 0.1) is 15.9 Å². The lowest BCUT2D eigenvalue weighted by Crippen LogP contribution is -2.04. The average Bonchev–Trinajstić information content (AvgIpc) is 2.45. The topological polar surface area (TPSA) is 64.4 Å². The van der Waals surface area contributed by atoms with E-state index in [2.05, 4.69) is 5.32 Å². The van der Waals surface area contributed by atoms with E-state index in [9.17, 15) is 14.5 Å². The van der Waals surface area contributed by atoms with E-state index in [1.165, 1.54) is 12.1 Å². The van der Waals surface area contributed by atoms with E-state index < -0.39 is 16.4 Å². The van der Waals surface area contributed by atoms with Gasteiger partial charge in [0, 0.05) is 6.54 Å². The molecular weight excluding hydrogens is 263 g/mol. The van der Waals surface area contributed by atoms with Gasteiger partial charge in [0.25, 0.3) is 0 Å². The second-order valence-electron chi connectivity index (χ2n) is 4.09. The molecule has 0 bridgehead atoms. The highest BCUT2D eigenvalue weighted by atomic mass is 19.1. The second-order valence-corrected chi connectivity index (χ2v) is 4.09. The van der Waals surface area contributed by atoms with Gasteiger partial charge in [0.1, 0.15) is 11.4 Å². The minimum atomic E-state index is -0.852. The Bertz CT molecular complexity index is 614. The molecule has 0 unspecified atom stereocenters.